The van der Waals surface area contributed by atoms with Gasteiger partial charge in [0.1, 0.15) is 0 Å². The zero-order chi connectivity index (χ0) is 16.8. The zero-order valence-corrected chi connectivity index (χ0v) is 14.6. The first kappa shape index (κ1) is 15.3. The number of aryl methyl sites for hydroxylation is 2. The van der Waals surface area contributed by atoms with Crippen molar-refractivity contribution in [3.63, 3.8) is 0 Å². The minimum Gasteiger partial charge on any atom is -0.358 e. The molecule has 1 aliphatic rings. The number of rotatable bonds is 1. The predicted molar refractivity (Wildman–Crippen MR) is 97.7 cm³/mol. The molecule has 1 N–H and O–H groups in total. The third-order valence-electron chi connectivity index (χ3n) is 4.98. The molecular weight excluding hydrogens is 320 g/mol. The van der Waals surface area contributed by atoms with Crippen LogP contribution in [0.2, 0.25) is 5.02 Å². The molecule has 0 radical (unpaired) electrons. The number of aromatic amines is 1. The number of hydrogen-bond donors (Lipinski definition) is 1. The predicted octanol–water partition coefficient (Wildman–Crippen LogP) is 4.64. The molecule has 1 amide bonds. The second kappa shape index (κ2) is 5.67. The molecule has 0 fully saturated rings. The van der Waals surface area contributed by atoms with E-state index in [9.17, 15) is 4.79 Å². The van der Waals surface area contributed by atoms with Gasteiger partial charge in [-0.25, -0.2) is 0 Å². The van der Waals surface area contributed by atoms with Gasteiger partial charge in [0.15, 0.2) is 0 Å². The Morgan fingerprint density at radius 3 is 2.75 bits per heavy atom. The Balaban J connectivity index is 1.67. The normalized spacial score (nSPS) is 14.0. The van der Waals surface area contributed by atoms with E-state index in [4.69, 9.17) is 11.6 Å². The number of nitrogens with one attached hydrogen (secondary N) is 1. The number of carbonyl (C=O) groups is 1. The van der Waals surface area contributed by atoms with Crippen LogP contribution in [0.5, 0.6) is 0 Å². The van der Waals surface area contributed by atoms with Crippen LogP contribution in [0, 0.1) is 13.8 Å². The van der Waals surface area contributed by atoms with E-state index in [2.05, 4.69) is 11.9 Å². The molecule has 0 saturated carbocycles. The van der Waals surface area contributed by atoms with Crippen LogP contribution in [0.25, 0.3) is 10.9 Å². The molecule has 24 heavy (non-hydrogen) atoms. The van der Waals surface area contributed by atoms with Crippen molar-refractivity contribution in [2.45, 2.75) is 26.8 Å². The molecule has 0 aliphatic carbocycles. The monoisotopic (exact) mass is 338 g/mol. The van der Waals surface area contributed by atoms with E-state index >= 15 is 0 Å². The number of nitrogens with zero attached hydrogens (tertiary/aromatic N) is 1. The van der Waals surface area contributed by atoms with Gasteiger partial charge >= 0.3 is 0 Å². The van der Waals surface area contributed by atoms with Crippen molar-refractivity contribution >= 4 is 28.4 Å². The SMILES string of the molecule is Cc1ccc(C(=O)N2CCc3[nH]c4cc(Cl)ccc4c3C2)cc1C. The fraction of sp³-hybridized carbons (Fsp3) is 0.250. The summed E-state index contributed by atoms with van der Waals surface area (Å²) in [6, 6.07) is 11.8. The number of carbonyl (C=O) groups excluding carboxylic acids is 1. The topological polar surface area (TPSA) is 36.1 Å². The maximum Gasteiger partial charge on any atom is 0.254 e. The first-order valence-corrected chi connectivity index (χ1v) is 8.56. The minimum absolute atomic E-state index is 0.104. The van der Waals surface area contributed by atoms with Gasteiger partial charge < -0.3 is 9.88 Å². The van der Waals surface area contributed by atoms with Gasteiger partial charge in [-0.2, -0.15) is 0 Å². The fourth-order valence-electron chi connectivity index (χ4n) is 3.42. The Bertz CT molecular complexity index is 958. The van der Waals surface area contributed by atoms with Crippen LogP contribution < -0.4 is 0 Å². The number of H-pyrrole nitrogens is 1. The highest BCUT2D eigenvalue weighted by molar-refractivity contribution is 6.31. The summed E-state index contributed by atoms with van der Waals surface area (Å²) in [6.07, 6.45) is 0.845. The summed E-state index contributed by atoms with van der Waals surface area (Å²) >= 11 is 6.08. The minimum atomic E-state index is 0.104. The smallest absolute Gasteiger partial charge is 0.254 e. The second-order valence-electron chi connectivity index (χ2n) is 6.55. The molecule has 0 atom stereocenters. The van der Waals surface area contributed by atoms with Gasteiger partial charge in [-0.05, 0) is 49.2 Å². The molecule has 1 aliphatic heterocycles. The summed E-state index contributed by atoms with van der Waals surface area (Å²) in [4.78, 5) is 18.3. The van der Waals surface area contributed by atoms with Gasteiger partial charge in [-0.1, -0.05) is 23.7 Å². The van der Waals surface area contributed by atoms with Gasteiger partial charge in [0, 0.05) is 52.3 Å². The largest absolute Gasteiger partial charge is 0.358 e. The molecular formula is C20H19ClN2O. The average Bonchev–Trinajstić information content (AvgIpc) is 2.93. The van der Waals surface area contributed by atoms with E-state index in [0.717, 1.165) is 40.0 Å². The third kappa shape index (κ3) is 2.49. The highest BCUT2D eigenvalue weighted by Gasteiger charge is 2.25. The van der Waals surface area contributed by atoms with Crippen molar-refractivity contribution in [2.75, 3.05) is 6.54 Å². The third-order valence-corrected chi connectivity index (χ3v) is 5.21. The number of amides is 1. The molecule has 0 spiro atoms. The van der Waals surface area contributed by atoms with E-state index in [1.54, 1.807) is 0 Å². The van der Waals surface area contributed by atoms with Crippen LogP contribution in [0.3, 0.4) is 0 Å². The molecule has 0 bridgehead atoms. The Kier molecular flexibility index (Phi) is 3.61. The Hall–Kier alpha value is -2.26. The van der Waals surface area contributed by atoms with Crippen molar-refractivity contribution in [1.82, 2.24) is 9.88 Å². The van der Waals surface area contributed by atoms with Crippen LogP contribution in [-0.4, -0.2) is 22.3 Å². The highest BCUT2D eigenvalue weighted by atomic mass is 35.5. The lowest BCUT2D eigenvalue weighted by Gasteiger charge is -2.27. The summed E-state index contributed by atoms with van der Waals surface area (Å²) in [5.74, 6) is 0.104. The van der Waals surface area contributed by atoms with Gasteiger partial charge in [0.05, 0.1) is 0 Å². The van der Waals surface area contributed by atoms with Gasteiger partial charge in [-0.15, -0.1) is 0 Å². The maximum atomic E-state index is 12.9. The van der Waals surface area contributed by atoms with Crippen LogP contribution in [-0.2, 0) is 13.0 Å². The van der Waals surface area contributed by atoms with Crippen molar-refractivity contribution in [1.29, 1.82) is 0 Å². The number of halogens is 1. The number of benzene rings is 2. The van der Waals surface area contributed by atoms with Crippen LogP contribution in [0.4, 0.5) is 0 Å². The second-order valence-corrected chi connectivity index (χ2v) is 6.98. The summed E-state index contributed by atoms with van der Waals surface area (Å²) < 4.78 is 0. The molecule has 122 valence electrons. The lowest BCUT2D eigenvalue weighted by molar-refractivity contribution is 0.0735. The molecule has 0 saturated heterocycles. The average molecular weight is 339 g/mol. The van der Waals surface area contributed by atoms with Crippen molar-refractivity contribution in [2.24, 2.45) is 0 Å². The van der Waals surface area contributed by atoms with E-state index in [1.165, 1.54) is 16.8 Å². The standard InChI is InChI=1S/C20H19ClN2O/c1-12-3-4-14(9-13(12)2)20(24)23-8-7-18-17(11-23)16-6-5-15(21)10-19(16)22-18/h3-6,9-10,22H,7-8,11H2,1-2H3. The van der Waals surface area contributed by atoms with Gasteiger partial charge in [-0.3, -0.25) is 4.79 Å². The Morgan fingerprint density at radius 2 is 1.96 bits per heavy atom. The lowest BCUT2D eigenvalue weighted by atomic mass is 10.0. The van der Waals surface area contributed by atoms with Gasteiger partial charge in [0.2, 0.25) is 0 Å². The summed E-state index contributed by atoms with van der Waals surface area (Å²) in [7, 11) is 0. The van der Waals surface area contributed by atoms with E-state index < -0.39 is 0 Å². The first-order valence-electron chi connectivity index (χ1n) is 8.18. The Labute approximate surface area is 146 Å². The number of hydrogen-bond acceptors (Lipinski definition) is 1. The van der Waals surface area contributed by atoms with Crippen molar-refractivity contribution in [3.05, 3.63) is 69.4 Å². The van der Waals surface area contributed by atoms with Gasteiger partial charge in [0.25, 0.3) is 5.91 Å². The first-order chi connectivity index (χ1) is 11.5. The van der Waals surface area contributed by atoms with E-state index in [-0.39, 0.29) is 5.91 Å². The molecule has 3 nitrogen and oxygen atoms in total. The summed E-state index contributed by atoms with van der Waals surface area (Å²) in [5.41, 5.74) is 6.61. The lowest BCUT2D eigenvalue weighted by Crippen LogP contribution is -2.35. The fourth-order valence-corrected chi connectivity index (χ4v) is 3.60. The van der Waals surface area contributed by atoms with Crippen LogP contribution in [0.1, 0.15) is 32.7 Å². The highest BCUT2D eigenvalue weighted by Crippen LogP contribution is 2.30. The Morgan fingerprint density at radius 1 is 1.12 bits per heavy atom. The molecule has 2 aromatic carbocycles. The van der Waals surface area contributed by atoms with Crippen molar-refractivity contribution in [3.8, 4) is 0 Å². The quantitative estimate of drug-likeness (QED) is 0.689. The molecule has 2 heterocycles. The van der Waals surface area contributed by atoms with Crippen LogP contribution in [0.15, 0.2) is 36.4 Å². The molecule has 4 rings (SSSR count). The van der Waals surface area contributed by atoms with Crippen LogP contribution >= 0.6 is 11.6 Å². The maximum absolute atomic E-state index is 12.9. The number of aromatic nitrogens is 1. The van der Waals surface area contributed by atoms with E-state index in [1.807, 2.05) is 48.2 Å². The summed E-state index contributed by atoms with van der Waals surface area (Å²) in [5, 5.41) is 1.89. The molecule has 3 aromatic rings. The van der Waals surface area contributed by atoms with Crippen molar-refractivity contribution < 1.29 is 4.79 Å². The summed E-state index contributed by atoms with van der Waals surface area (Å²) in [6.45, 7) is 5.49. The number of fused-ring (bicyclic) bond motifs is 3. The molecule has 4 heteroatoms. The van der Waals surface area contributed by atoms with E-state index in [0.29, 0.717) is 6.54 Å². The molecule has 0 unspecified atom stereocenters. The zero-order valence-electron chi connectivity index (χ0n) is 13.8. The molecule has 1 aromatic heterocycles.